The first kappa shape index (κ1) is 25.2. The molecule has 0 radical (unpaired) electrons. The van der Waals surface area contributed by atoms with Gasteiger partial charge in [0, 0.05) is 0 Å². The Bertz CT molecular complexity index is 580. The zero-order valence-electron chi connectivity index (χ0n) is 16.6. The van der Waals surface area contributed by atoms with Gasteiger partial charge in [-0.25, -0.2) is 0 Å². The van der Waals surface area contributed by atoms with E-state index in [1.807, 2.05) is 0 Å². The van der Waals surface area contributed by atoms with E-state index in [-0.39, 0.29) is 39.6 Å². The van der Waals surface area contributed by atoms with E-state index in [1.54, 1.807) is 0 Å². The van der Waals surface area contributed by atoms with Gasteiger partial charge in [0.05, 0.1) is 0 Å². The second kappa shape index (κ2) is 15.0. The summed E-state index contributed by atoms with van der Waals surface area (Å²) in [5.74, 6) is 14.5. The summed E-state index contributed by atoms with van der Waals surface area (Å²) < 4.78 is 35.1. The molecule has 0 atom stereocenters. The molecule has 156 valence electrons. The Labute approximate surface area is 179 Å². The highest BCUT2D eigenvalue weighted by Gasteiger charge is 2.54. The molecule has 1 saturated carbocycles. The van der Waals surface area contributed by atoms with Crippen LogP contribution in [-0.2, 0) is 28.4 Å². The Balaban J connectivity index is 3.44. The van der Waals surface area contributed by atoms with E-state index in [0.717, 1.165) is 0 Å². The normalized spacial score (nSPS) is 27.4. The van der Waals surface area contributed by atoms with Crippen molar-refractivity contribution in [3.63, 3.8) is 0 Å². The van der Waals surface area contributed by atoms with Crippen LogP contribution in [0.2, 0.25) is 0 Å². The van der Waals surface area contributed by atoms with Crippen molar-refractivity contribution in [1.29, 1.82) is 0 Å². The zero-order chi connectivity index (χ0) is 22.2. The fourth-order valence-corrected chi connectivity index (χ4v) is 3.13. The van der Waals surface area contributed by atoms with Crippen molar-refractivity contribution in [3.8, 4) is 74.1 Å². The van der Waals surface area contributed by atoms with Gasteiger partial charge in [-0.3, -0.25) is 0 Å². The van der Waals surface area contributed by atoms with Gasteiger partial charge in [-0.1, -0.05) is 35.5 Å². The predicted octanol–water partition coefficient (Wildman–Crippen LogP) is 0.110. The summed E-state index contributed by atoms with van der Waals surface area (Å²) in [6.45, 7) is -0.190. The molecule has 0 N–H and O–H groups in total. The van der Waals surface area contributed by atoms with Gasteiger partial charge in [0.1, 0.15) is 76.3 Å². The van der Waals surface area contributed by atoms with E-state index in [2.05, 4.69) is 35.5 Å². The largest absolute Gasteiger partial charge is 0.360 e. The molecule has 1 fully saturated rings. The van der Waals surface area contributed by atoms with Gasteiger partial charge in [0.25, 0.3) is 0 Å². The molecule has 6 heteroatoms. The van der Waals surface area contributed by atoms with Crippen LogP contribution in [0.5, 0.6) is 0 Å². The number of ether oxygens (including phenoxy) is 6. The summed E-state index contributed by atoms with van der Waals surface area (Å²) >= 11 is 0. The molecule has 30 heavy (non-hydrogen) atoms. The van der Waals surface area contributed by atoms with Crippen molar-refractivity contribution in [2.45, 2.75) is 36.6 Å². The predicted molar refractivity (Wildman–Crippen MR) is 111 cm³/mol. The van der Waals surface area contributed by atoms with E-state index in [4.69, 9.17) is 67.0 Å². The van der Waals surface area contributed by atoms with E-state index >= 15 is 0 Å². The molecule has 0 aliphatic heterocycles. The lowest BCUT2D eigenvalue weighted by Gasteiger charge is -2.48. The second-order valence-electron chi connectivity index (χ2n) is 5.88. The van der Waals surface area contributed by atoms with Crippen molar-refractivity contribution in [2.24, 2.45) is 0 Å². The molecule has 1 aliphatic rings. The first-order valence-corrected chi connectivity index (χ1v) is 9.00. The summed E-state index contributed by atoms with van der Waals surface area (Å²) in [4.78, 5) is 0. The van der Waals surface area contributed by atoms with E-state index < -0.39 is 36.6 Å². The minimum atomic E-state index is -0.765. The van der Waals surface area contributed by atoms with E-state index in [0.29, 0.717) is 0 Å². The number of hydrogen-bond acceptors (Lipinski definition) is 6. The van der Waals surface area contributed by atoms with Gasteiger partial charge in [-0.2, -0.15) is 0 Å². The summed E-state index contributed by atoms with van der Waals surface area (Å²) in [7, 11) is 0. The van der Waals surface area contributed by atoms with Crippen molar-refractivity contribution >= 4 is 0 Å². The zero-order valence-corrected chi connectivity index (χ0v) is 16.6. The van der Waals surface area contributed by atoms with Gasteiger partial charge in [0.15, 0.2) is 0 Å². The standard InChI is InChI=1S/C24H24O6/c1-7-13-25-19-20(26-14-8-2)22(28-16-10-4)24(30-18-12-6)23(29-17-11-5)21(19)27-15-9-3/h1-6,19-24H,13-18H2. The second-order valence-corrected chi connectivity index (χ2v) is 5.88. The lowest BCUT2D eigenvalue weighted by Crippen LogP contribution is -2.67. The average Bonchev–Trinajstić information content (AvgIpc) is 2.76. The Hall–Kier alpha value is -2.88. The molecule has 1 aliphatic carbocycles. The minimum absolute atomic E-state index is 0.0317. The fourth-order valence-electron chi connectivity index (χ4n) is 3.13. The van der Waals surface area contributed by atoms with Gasteiger partial charge >= 0.3 is 0 Å². The maximum Gasteiger partial charge on any atom is 0.116 e. The van der Waals surface area contributed by atoms with Crippen LogP contribution in [0.3, 0.4) is 0 Å². The molecule has 0 aromatic rings. The van der Waals surface area contributed by atoms with Crippen molar-refractivity contribution in [2.75, 3.05) is 39.6 Å². The van der Waals surface area contributed by atoms with Crippen LogP contribution in [0.15, 0.2) is 0 Å². The van der Waals surface area contributed by atoms with E-state index in [9.17, 15) is 0 Å². The molecule has 0 aromatic heterocycles. The molecule has 0 amide bonds. The smallest absolute Gasteiger partial charge is 0.116 e. The van der Waals surface area contributed by atoms with Crippen molar-refractivity contribution in [1.82, 2.24) is 0 Å². The molecule has 0 saturated heterocycles. The monoisotopic (exact) mass is 408 g/mol. The third-order valence-corrected chi connectivity index (χ3v) is 4.10. The quantitative estimate of drug-likeness (QED) is 0.428. The van der Waals surface area contributed by atoms with Crippen LogP contribution in [-0.4, -0.2) is 76.3 Å². The minimum Gasteiger partial charge on any atom is -0.360 e. The van der Waals surface area contributed by atoms with Crippen LogP contribution in [0.1, 0.15) is 0 Å². The summed E-state index contributed by atoms with van der Waals surface area (Å²) in [5.41, 5.74) is 0. The molecule has 0 unspecified atom stereocenters. The Morgan fingerprint density at radius 1 is 0.333 bits per heavy atom. The van der Waals surface area contributed by atoms with Gasteiger partial charge < -0.3 is 28.4 Å². The first-order chi connectivity index (χ1) is 14.7. The number of rotatable bonds is 12. The molecular weight excluding hydrogens is 384 g/mol. The molecule has 0 bridgehead atoms. The van der Waals surface area contributed by atoms with Gasteiger partial charge in [-0.15, -0.1) is 38.5 Å². The van der Waals surface area contributed by atoms with Gasteiger partial charge in [0.2, 0.25) is 0 Å². The van der Waals surface area contributed by atoms with Crippen LogP contribution < -0.4 is 0 Å². The fraction of sp³-hybridized carbons (Fsp3) is 0.500. The third kappa shape index (κ3) is 7.18. The molecular formula is C24H24O6. The average molecular weight is 408 g/mol. The molecule has 0 spiro atoms. The number of hydrogen-bond donors (Lipinski definition) is 0. The maximum absolute atomic E-state index is 5.84. The third-order valence-electron chi connectivity index (χ3n) is 4.10. The first-order valence-electron chi connectivity index (χ1n) is 9.00. The molecule has 1 rings (SSSR count). The van der Waals surface area contributed by atoms with Crippen molar-refractivity contribution < 1.29 is 28.4 Å². The molecule has 0 aromatic carbocycles. The highest BCUT2D eigenvalue weighted by Crippen LogP contribution is 2.33. The van der Waals surface area contributed by atoms with E-state index in [1.165, 1.54) is 0 Å². The number of terminal acetylenes is 6. The SMILES string of the molecule is C#CCOC1C(OCC#C)C(OCC#C)C(OCC#C)C(OCC#C)C1OCC#C. The highest BCUT2D eigenvalue weighted by molar-refractivity contribution is 5.07. The summed E-state index contributed by atoms with van der Waals surface area (Å²) in [6.07, 6.45) is 27.7. The molecule has 0 heterocycles. The van der Waals surface area contributed by atoms with Crippen LogP contribution in [0.25, 0.3) is 0 Å². The highest BCUT2D eigenvalue weighted by atomic mass is 16.6. The Morgan fingerprint density at radius 3 is 0.567 bits per heavy atom. The lowest BCUT2D eigenvalue weighted by molar-refractivity contribution is -0.271. The lowest BCUT2D eigenvalue weighted by atomic mass is 9.83. The maximum atomic E-state index is 5.84. The molecule has 6 nitrogen and oxygen atoms in total. The summed E-state index contributed by atoms with van der Waals surface area (Å²) in [6, 6.07) is 0. The topological polar surface area (TPSA) is 55.4 Å². The van der Waals surface area contributed by atoms with Crippen LogP contribution in [0, 0.1) is 74.1 Å². The van der Waals surface area contributed by atoms with Crippen LogP contribution in [0.4, 0.5) is 0 Å². The Morgan fingerprint density at radius 2 is 0.467 bits per heavy atom. The summed E-state index contributed by atoms with van der Waals surface area (Å²) in [5, 5.41) is 0. The van der Waals surface area contributed by atoms with Crippen molar-refractivity contribution in [3.05, 3.63) is 0 Å². The van der Waals surface area contributed by atoms with Gasteiger partial charge in [-0.05, 0) is 0 Å². The van der Waals surface area contributed by atoms with Crippen LogP contribution >= 0.6 is 0 Å². The Kier molecular flexibility index (Phi) is 12.6.